The van der Waals surface area contributed by atoms with Gasteiger partial charge in [-0.05, 0) is 37.2 Å². The van der Waals surface area contributed by atoms with Crippen LogP contribution in [0.2, 0.25) is 0 Å². The van der Waals surface area contributed by atoms with Crippen molar-refractivity contribution in [2.24, 2.45) is 0 Å². The van der Waals surface area contributed by atoms with Crippen molar-refractivity contribution >= 4 is 23.5 Å². The Morgan fingerprint density at radius 2 is 1.76 bits per heavy atom. The SMILES string of the molecule is CCCCNCC(=O)Nc1cccc2c1C1(OC(=O)C=CC(=O)O1)N(C)CC2c1ccccc1. The van der Waals surface area contributed by atoms with E-state index in [0.717, 1.165) is 42.7 Å². The summed E-state index contributed by atoms with van der Waals surface area (Å²) >= 11 is 0. The highest BCUT2D eigenvalue weighted by Crippen LogP contribution is 2.47. The minimum atomic E-state index is -1.81. The zero-order valence-corrected chi connectivity index (χ0v) is 19.4. The van der Waals surface area contributed by atoms with Crippen LogP contribution in [-0.2, 0) is 29.8 Å². The van der Waals surface area contributed by atoms with Crippen molar-refractivity contribution < 1.29 is 23.9 Å². The average molecular weight is 464 g/mol. The summed E-state index contributed by atoms with van der Waals surface area (Å²) in [4.78, 5) is 39.4. The van der Waals surface area contributed by atoms with Crippen LogP contribution in [0.25, 0.3) is 0 Å². The summed E-state index contributed by atoms with van der Waals surface area (Å²) in [5, 5.41) is 6.05. The van der Waals surface area contributed by atoms with Gasteiger partial charge >= 0.3 is 17.8 Å². The topological polar surface area (TPSA) is 97.0 Å². The summed E-state index contributed by atoms with van der Waals surface area (Å²) in [6.07, 6.45) is 4.10. The molecule has 0 saturated carbocycles. The molecule has 0 saturated heterocycles. The number of esters is 2. The Hall–Kier alpha value is -3.49. The van der Waals surface area contributed by atoms with E-state index in [4.69, 9.17) is 9.47 Å². The molecule has 1 atom stereocenters. The number of ether oxygens (including phenoxy) is 2. The number of carbonyl (C=O) groups is 3. The molecule has 2 aliphatic rings. The van der Waals surface area contributed by atoms with Crippen LogP contribution in [-0.4, -0.2) is 49.4 Å². The third-order valence-corrected chi connectivity index (χ3v) is 6.05. The average Bonchev–Trinajstić information content (AvgIpc) is 2.98. The largest absolute Gasteiger partial charge is 0.401 e. The van der Waals surface area contributed by atoms with E-state index in [-0.39, 0.29) is 18.4 Å². The normalized spacial score (nSPS) is 19.2. The first-order valence-corrected chi connectivity index (χ1v) is 11.5. The molecular formula is C26H29N3O5. The molecule has 8 heteroatoms. The number of rotatable bonds is 7. The van der Waals surface area contributed by atoms with Crippen LogP contribution >= 0.6 is 0 Å². The zero-order valence-electron chi connectivity index (χ0n) is 19.4. The third-order valence-electron chi connectivity index (χ3n) is 6.05. The monoisotopic (exact) mass is 463 g/mol. The second-order valence-corrected chi connectivity index (χ2v) is 8.45. The van der Waals surface area contributed by atoms with E-state index in [1.54, 1.807) is 18.0 Å². The number of amides is 1. The second kappa shape index (κ2) is 10.2. The summed E-state index contributed by atoms with van der Waals surface area (Å²) in [6.45, 7) is 3.38. The van der Waals surface area contributed by atoms with Gasteiger partial charge < -0.3 is 20.1 Å². The van der Waals surface area contributed by atoms with Crippen molar-refractivity contribution in [3.05, 3.63) is 77.4 Å². The van der Waals surface area contributed by atoms with Gasteiger partial charge in [0.05, 0.1) is 17.8 Å². The van der Waals surface area contributed by atoms with Crippen molar-refractivity contribution in [2.75, 3.05) is 32.0 Å². The van der Waals surface area contributed by atoms with Gasteiger partial charge in [0, 0.05) is 24.6 Å². The standard InChI is InChI=1S/C26H29N3O5/c1-3-4-15-27-16-22(30)28-21-12-8-11-19-20(18-9-6-5-7-10-18)17-29(2)26(25(19)21)33-23(31)13-14-24(32)34-26/h5-14,20,27H,3-4,15-17H2,1-2H3,(H,28,30). The molecule has 0 fully saturated rings. The van der Waals surface area contributed by atoms with E-state index in [1.807, 2.05) is 42.5 Å². The number of carbonyl (C=O) groups excluding carboxylic acids is 3. The van der Waals surface area contributed by atoms with Crippen molar-refractivity contribution in [1.82, 2.24) is 10.2 Å². The highest BCUT2D eigenvalue weighted by Gasteiger charge is 2.53. The number of benzene rings is 2. The smallest absolute Gasteiger partial charge is 0.351 e. The Labute approximate surface area is 198 Å². The van der Waals surface area contributed by atoms with Gasteiger partial charge in [0.1, 0.15) is 0 Å². The molecule has 8 nitrogen and oxygen atoms in total. The first-order valence-electron chi connectivity index (χ1n) is 11.5. The number of nitrogens with one attached hydrogen (secondary N) is 2. The molecule has 178 valence electrons. The highest BCUT2D eigenvalue weighted by atomic mass is 16.8. The first kappa shape index (κ1) is 23.7. The molecule has 2 aromatic carbocycles. The van der Waals surface area contributed by atoms with Gasteiger partial charge in [-0.2, -0.15) is 0 Å². The molecule has 2 aromatic rings. The van der Waals surface area contributed by atoms with Gasteiger partial charge in [0.2, 0.25) is 5.91 Å². The van der Waals surface area contributed by atoms with Crippen molar-refractivity contribution in [3.8, 4) is 0 Å². The Balaban J connectivity index is 1.79. The Morgan fingerprint density at radius 1 is 1.06 bits per heavy atom. The van der Waals surface area contributed by atoms with Crippen molar-refractivity contribution in [1.29, 1.82) is 0 Å². The molecule has 1 amide bonds. The molecule has 34 heavy (non-hydrogen) atoms. The molecule has 0 bridgehead atoms. The van der Waals surface area contributed by atoms with Crippen LogP contribution in [0.5, 0.6) is 0 Å². The zero-order chi connectivity index (χ0) is 24.1. The Morgan fingerprint density at radius 3 is 2.44 bits per heavy atom. The lowest BCUT2D eigenvalue weighted by Crippen LogP contribution is -2.55. The predicted octanol–water partition coefficient (Wildman–Crippen LogP) is 2.86. The summed E-state index contributed by atoms with van der Waals surface area (Å²) < 4.78 is 11.5. The van der Waals surface area contributed by atoms with Gasteiger partial charge in [-0.3, -0.25) is 4.79 Å². The summed E-state index contributed by atoms with van der Waals surface area (Å²) in [6, 6.07) is 15.4. The van der Waals surface area contributed by atoms with Crippen LogP contribution in [0.1, 0.15) is 42.4 Å². The number of hydrogen-bond donors (Lipinski definition) is 2. The van der Waals surface area contributed by atoms with Crippen molar-refractivity contribution in [3.63, 3.8) is 0 Å². The number of unbranched alkanes of at least 4 members (excludes halogenated alkanes) is 1. The lowest BCUT2D eigenvalue weighted by molar-refractivity contribution is -0.289. The van der Waals surface area contributed by atoms with Crippen LogP contribution in [0.3, 0.4) is 0 Å². The molecular weight excluding hydrogens is 434 g/mol. The molecule has 0 aliphatic carbocycles. The number of anilines is 1. The van der Waals surface area contributed by atoms with E-state index in [1.165, 1.54) is 0 Å². The fourth-order valence-electron chi connectivity index (χ4n) is 4.42. The molecule has 2 heterocycles. The minimum absolute atomic E-state index is 0.0972. The van der Waals surface area contributed by atoms with Gasteiger partial charge in [-0.25, -0.2) is 14.5 Å². The lowest BCUT2D eigenvalue weighted by atomic mass is 9.82. The quantitative estimate of drug-likeness (QED) is 0.481. The summed E-state index contributed by atoms with van der Waals surface area (Å²) in [5.41, 5.74) is 2.72. The first-order chi connectivity index (χ1) is 16.4. The molecule has 2 aliphatic heterocycles. The van der Waals surface area contributed by atoms with E-state index in [0.29, 0.717) is 17.8 Å². The van der Waals surface area contributed by atoms with E-state index in [9.17, 15) is 14.4 Å². The van der Waals surface area contributed by atoms with Gasteiger partial charge in [-0.15, -0.1) is 0 Å². The molecule has 1 unspecified atom stereocenters. The fraction of sp³-hybridized carbons (Fsp3) is 0.346. The van der Waals surface area contributed by atoms with Gasteiger partial charge in [0.25, 0.3) is 0 Å². The maximum absolute atomic E-state index is 12.7. The molecule has 4 rings (SSSR count). The van der Waals surface area contributed by atoms with E-state index < -0.39 is 17.8 Å². The Bertz CT molecular complexity index is 1080. The van der Waals surface area contributed by atoms with Crippen LogP contribution < -0.4 is 10.6 Å². The van der Waals surface area contributed by atoms with Gasteiger partial charge in [-0.1, -0.05) is 55.8 Å². The maximum Gasteiger partial charge on any atom is 0.351 e. The van der Waals surface area contributed by atoms with Crippen molar-refractivity contribution in [2.45, 2.75) is 31.6 Å². The minimum Gasteiger partial charge on any atom is -0.401 e. The second-order valence-electron chi connectivity index (χ2n) is 8.45. The third kappa shape index (κ3) is 4.73. The lowest BCUT2D eigenvalue weighted by Gasteiger charge is -2.46. The number of hydrogen-bond acceptors (Lipinski definition) is 7. The summed E-state index contributed by atoms with van der Waals surface area (Å²) in [7, 11) is 1.73. The van der Waals surface area contributed by atoms with Crippen LogP contribution in [0, 0.1) is 0 Å². The maximum atomic E-state index is 12.7. The van der Waals surface area contributed by atoms with E-state index >= 15 is 0 Å². The Kier molecular flexibility index (Phi) is 7.09. The fourth-order valence-corrected chi connectivity index (χ4v) is 4.42. The number of fused-ring (bicyclic) bond motifs is 2. The van der Waals surface area contributed by atoms with E-state index in [2.05, 4.69) is 17.6 Å². The molecule has 0 aromatic heterocycles. The molecule has 1 spiro atoms. The van der Waals surface area contributed by atoms with Crippen LogP contribution in [0.4, 0.5) is 5.69 Å². The number of nitrogens with zero attached hydrogens (tertiary/aromatic N) is 1. The predicted molar refractivity (Wildman–Crippen MR) is 127 cm³/mol. The molecule has 2 N–H and O–H groups in total. The van der Waals surface area contributed by atoms with Crippen LogP contribution in [0.15, 0.2) is 60.7 Å². The number of likely N-dealkylation sites (N-methyl/N-ethyl adjacent to an activating group) is 1. The molecule has 0 radical (unpaired) electrons. The highest BCUT2D eigenvalue weighted by molar-refractivity contribution is 5.95. The van der Waals surface area contributed by atoms with Gasteiger partial charge in [0.15, 0.2) is 0 Å². The summed E-state index contributed by atoms with van der Waals surface area (Å²) in [5.74, 6) is -3.56.